The van der Waals surface area contributed by atoms with E-state index in [1.807, 2.05) is 0 Å². The number of benzene rings is 3. The molecule has 4 nitrogen and oxygen atoms in total. The van der Waals surface area contributed by atoms with E-state index in [1.54, 1.807) is 42.5 Å². The van der Waals surface area contributed by atoms with Crippen LogP contribution in [0.5, 0.6) is 0 Å². The van der Waals surface area contributed by atoms with Crippen LogP contribution in [0, 0.1) is 17.5 Å². The van der Waals surface area contributed by atoms with E-state index in [0.717, 1.165) is 23.1 Å². The van der Waals surface area contributed by atoms with Gasteiger partial charge in [0, 0.05) is 5.56 Å². The van der Waals surface area contributed by atoms with Crippen molar-refractivity contribution in [3.63, 3.8) is 0 Å². The third-order valence-corrected chi connectivity index (χ3v) is 5.12. The first-order chi connectivity index (χ1) is 14.4. The van der Waals surface area contributed by atoms with E-state index in [4.69, 9.17) is 0 Å². The number of halogens is 3. The first kappa shape index (κ1) is 19.7. The maximum absolute atomic E-state index is 14.2. The van der Waals surface area contributed by atoms with Crippen LogP contribution in [-0.2, 0) is 11.3 Å². The highest BCUT2D eigenvalue weighted by Crippen LogP contribution is 2.38. The number of para-hydroxylation sites is 2. The second-order valence-corrected chi connectivity index (χ2v) is 6.95. The number of fused-ring (bicyclic) bond motifs is 1. The van der Waals surface area contributed by atoms with Crippen molar-refractivity contribution in [2.45, 2.75) is 19.5 Å². The predicted octanol–water partition coefficient (Wildman–Crippen LogP) is 4.69. The molecule has 0 aromatic heterocycles. The van der Waals surface area contributed by atoms with Crippen LogP contribution in [0.15, 0.2) is 66.7 Å². The van der Waals surface area contributed by atoms with E-state index in [0.29, 0.717) is 16.9 Å². The highest BCUT2D eigenvalue weighted by molar-refractivity contribution is 6.17. The molecule has 4 rings (SSSR count). The first-order valence-corrected chi connectivity index (χ1v) is 9.31. The maximum atomic E-state index is 14.2. The molecular weight excluding hydrogens is 393 g/mol. The van der Waals surface area contributed by atoms with Crippen LogP contribution >= 0.6 is 0 Å². The number of hydrogen-bond donors (Lipinski definition) is 0. The SMILES string of the molecule is C[C@H]1C(=O)N(Cc2ccccc2F)c2ccccc2N1C(=O)c1c(F)cccc1F. The maximum Gasteiger partial charge on any atom is 0.265 e. The molecule has 30 heavy (non-hydrogen) atoms. The van der Waals surface area contributed by atoms with Crippen molar-refractivity contribution in [3.05, 3.63) is 95.3 Å². The van der Waals surface area contributed by atoms with Gasteiger partial charge in [0.15, 0.2) is 0 Å². The molecule has 0 unspecified atom stereocenters. The van der Waals surface area contributed by atoms with Gasteiger partial charge in [0.1, 0.15) is 29.1 Å². The zero-order valence-electron chi connectivity index (χ0n) is 16.0. The molecule has 0 aliphatic carbocycles. The number of hydrogen-bond acceptors (Lipinski definition) is 2. The smallest absolute Gasteiger partial charge is 0.265 e. The first-order valence-electron chi connectivity index (χ1n) is 9.31. The van der Waals surface area contributed by atoms with Crippen molar-refractivity contribution in [3.8, 4) is 0 Å². The van der Waals surface area contributed by atoms with Crippen LogP contribution in [-0.4, -0.2) is 17.9 Å². The zero-order valence-corrected chi connectivity index (χ0v) is 16.0. The molecule has 0 bridgehead atoms. The Morgan fingerprint density at radius 1 is 0.833 bits per heavy atom. The summed E-state index contributed by atoms with van der Waals surface area (Å²) in [6.45, 7) is 1.44. The molecule has 0 radical (unpaired) electrons. The fraction of sp³-hybridized carbons (Fsp3) is 0.130. The molecule has 1 aliphatic heterocycles. The molecule has 1 atom stereocenters. The van der Waals surface area contributed by atoms with E-state index in [-0.39, 0.29) is 6.54 Å². The minimum Gasteiger partial charge on any atom is -0.304 e. The quantitative estimate of drug-likeness (QED) is 0.629. The van der Waals surface area contributed by atoms with Crippen LogP contribution in [0.1, 0.15) is 22.8 Å². The summed E-state index contributed by atoms with van der Waals surface area (Å²) in [7, 11) is 0. The highest BCUT2D eigenvalue weighted by atomic mass is 19.1. The summed E-state index contributed by atoms with van der Waals surface area (Å²) in [5.41, 5.74) is 0.254. The lowest BCUT2D eigenvalue weighted by Crippen LogP contribution is -2.54. The summed E-state index contributed by atoms with van der Waals surface area (Å²) < 4.78 is 42.7. The lowest BCUT2D eigenvalue weighted by molar-refractivity contribution is -0.119. The predicted molar refractivity (Wildman–Crippen MR) is 107 cm³/mol. The second kappa shape index (κ2) is 7.67. The molecule has 1 aliphatic rings. The van der Waals surface area contributed by atoms with E-state index in [2.05, 4.69) is 0 Å². The van der Waals surface area contributed by atoms with Gasteiger partial charge in [-0.15, -0.1) is 0 Å². The van der Waals surface area contributed by atoms with E-state index in [9.17, 15) is 22.8 Å². The van der Waals surface area contributed by atoms with Gasteiger partial charge in [-0.3, -0.25) is 14.5 Å². The standard InChI is InChI=1S/C23H17F3N2O2/c1-14-22(29)27(13-15-7-2-3-8-16(15)24)19-11-4-5-12-20(19)28(14)23(30)21-17(25)9-6-10-18(21)26/h2-12,14H,13H2,1H3/t14-/m0/s1. The van der Waals surface area contributed by atoms with Gasteiger partial charge in [-0.1, -0.05) is 36.4 Å². The normalized spacial score (nSPS) is 15.9. The molecule has 0 saturated heterocycles. The lowest BCUT2D eigenvalue weighted by Gasteiger charge is -2.40. The summed E-state index contributed by atoms with van der Waals surface area (Å²) in [6.07, 6.45) is 0. The van der Waals surface area contributed by atoms with Gasteiger partial charge >= 0.3 is 0 Å². The molecule has 1 heterocycles. The summed E-state index contributed by atoms with van der Waals surface area (Å²) in [5.74, 6) is -3.91. The Labute approximate surface area is 171 Å². The topological polar surface area (TPSA) is 40.6 Å². The summed E-state index contributed by atoms with van der Waals surface area (Å²) >= 11 is 0. The molecule has 7 heteroatoms. The summed E-state index contributed by atoms with van der Waals surface area (Å²) in [4.78, 5) is 28.7. The van der Waals surface area contributed by atoms with Crippen LogP contribution in [0.25, 0.3) is 0 Å². The number of carbonyl (C=O) groups is 2. The minimum atomic E-state index is -1.04. The van der Waals surface area contributed by atoms with Gasteiger partial charge in [0.2, 0.25) is 5.91 Å². The van der Waals surface area contributed by atoms with Gasteiger partial charge in [-0.2, -0.15) is 0 Å². The van der Waals surface area contributed by atoms with Crippen LogP contribution < -0.4 is 9.80 Å². The Hall–Kier alpha value is -3.61. The Morgan fingerprint density at radius 2 is 1.40 bits per heavy atom. The van der Waals surface area contributed by atoms with Crippen LogP contribution in [0.4, 0.5) is 24.5 Å². The van der Waals surface area contributed by atoms with Gasteiger partial charge < -0.3 is 4.90 Å². The molecule has 0 N–H and O–H groups in total. The molecule has 0 spiro atoms. The summed E-state index contributed by atoms with van der Waals surface area (Å²) in [5, 5.41) is 0. The largest absolute Gasteiger partial charge is 0.304 e. The van der Waals surface area contributed by atoms with Gasteiger partial charge in [0.25, 0.3) is 5.91 Å². The molecule has 0 fully saturated rings. The van der Waals surface area contributed by atoms with Crippen LogP contribution in [0.3, 0.4) is 0 Å². The van der Waals surface area contributed by atoms with E-state index in [1.165, 1.54) is 17.9 Å². The van der Waals surface area contributed by atoms with Crippen molar-refractivity contribution in [2.75, 3.05) is 9.80 Å². The molecule has 152 valence electrons. The number of amides is 2. The third-order valence-electron chi connectivity index (χ3n) is 5.12. The number of nitrogens with zero attached hydrogens (tertiary/aromatic N) is 2. The van der Waals surface area contributed by atoms with Gasteiger partial charge in [-0.25, -0.2) is 13.2 Å². The van der Waals surface area contributed by atoms with Crippen molar-refractivity contribution < 1.29 is 22.8 Å². The fourth-order valence-corrected chi connectivity index (χ4v) is 3.63. The molecular formula is C23H17F3N2O2. The molecule has 0 saturated carbocycles. The van der Waals surface area contributed by atoms with Crippen molar-refractivity contribution >= 4 is 23.2 Å². The molecule has 2 amide bonds. The lowest BCUT2D eigenvalue weighted by atomic mass is 10.0. The average Bonchev–Trinajstić information content (AvgIpc) is 2.72. The average molecular weight is 410 g/mol. The van der Waals surface area contributed by atoms with Crippen molar-refractivity contribution in [1.82, 2.24) is 0 Å². The number of carbonyl (C=O) groups excluding carboxylic acids is 2. The highest BCUT2D eigenvalue weighted by Gasteiger charge is 2.40. The Morgan fingerprint density at radius 3 is 2.07 bits per heavy atom. The molecule has 3 aromatic rings. The Bertz CT molecular complexity index is 1130. The van der Waals surface area contributed by atoms with E-state index >= 15 is 0 Å². The second-order valence-electron chi connectivity index (χ2n) is 6.95. The van der Waals surface area contributed by atoms with E-state index < -0.39 is 40.9 Å². The minimum absolute atomic E-state index is 0.0387. The molecule has 3 aromatic carbocycles. The number of anilines is 2. The van der Waals surface area contributed by atoms with Crippen molar-refractivity contribution in [1.29, 1.82) is 0 Å². The van der Waals surface area contributed by atoms with Crippen molar-refractivity contribution in [2.24, 2.45) is 0 Å². The monoisotopic (exact) mass is 410 g/mol. The summed E-state index contributed by atoms with van der Waals surface area (Å²) in [6, 6.07) is 14.7. The van der Waals surface area contributed by atoms with Crippen LogP contribution in [0.2, 0.25) is 0 Å². The fourth-order valence-electron chi connectivity index (χ4n) is 3.63. The Balaban J connectivity index is 1.80. The Kier molecular flexibility index (Phi) is 5.03. The van der Waals surface area contributed by atoms with Gasteiger partial charge in [0.05, 0.1) is 17.9 Å². The zero-order chi connectivity index (χ0) is 21.4. The number of rotatable bonds is 3. The van der Waals surface area contributed by atoms with Gasteiger partial charge in [-0.05, 0) is 37.3 Å². The third kappa shape index (κ3) is 3.22.